The first kappa shape index (κ1) is 38.0. The van der Waals surface area contributed by atoms with Crippen LogP contribution < -0.4 is 27.0 Å². The number of aromatic nitrogens is 9. The summed E-state index contributed by atoms with van der Waals surface area (Å²) in [5.74, 6) is 1.73. The topological polar surface area (TPSA) is 250 Å². The van der Waals surface area contributed by atoms with Gasteiger partial charge in [0, 0.05) is 114 Å². The number of benzene rings is 1. The van der Waals surface area contributed by atoms with E-state index >= 15 is 0 Å². The molecule has 1 aromatic carbocycles. The van der Waals surface area contributed by atoms with Gasteiger partial charge >= 0.3 is 0 Å². The van der Waals surface area contributed by atoms with Gasteiger partial charge in [0.15, 0.2) is 11.2 Å². The third kappa shape index (κ3) is 7.87. The summed E-state index contributed by atoms with van der Waals surface area (Å²) in [6.45, 7) is 8.38. The molecule has 0 spiro atoms. The molecule has 2 amide bonds. The number of piperazine rings is 2. The van der Waals surface area contributed by atoms with Crippen molar-refractivity contribution in [2.45, 2.75) is 38.3 Å². The predicted molar refractivity (Wildman–Crippen MR) is 220 cm³/mol. The van der Waals surface area contributed by atoms with Gasteiger partial charge in [-0.25, -0.2) is 34.6 Å². The van der Waals surface area contributed by atoms with Crippen molar-refractivity contribution in [3.8, 4) is 11.3 Å². The zero-order chi connectivity index (χ0) is 40.5. The number of carbonyl (C=O) groups excluding carboxylic acids is 2. The van der Waals surface area contributed by atoms with Crippen LogP contribution in [0.5, 0.6) is 0 Å². The van der Waals surface area contributed by atoms with Crippen molar-refractivity contribution in [1.29, 1.82) is 0 Å². The first-order valence-electron chi connectivity index (χ1n) is 20.1. The number of carbonyl (C=O) groups is 2. The number of oxazole rings is 1. The quantitative estimate of drug-likeness (QED) is 0.178. The molecule has 8 heterocycles. The maximum absolute atomic E-state index is 13.6. The lowest BCUT2D eigenvalue weighted by Crippen LogP contribution is -2.49. The summed E-state index contributed by atoms with van der Waals surface area (Å²) in [7, 11) is 0. The van der Waals surface area contributed by atoms with Crippen molar-refractivity contribution in [1.82, 2.24) is 59.4 Å². The number of hydrogen-bond donors (Lipinski definition) is 3. The minimum Gasteiger partial charge on any atom is -0.424 e. The van der Waals surface area contributed by atoms with Gasteiger partial charge < -0.3 is 41.2 Å². The van der Waals surface area contributed by atoms with E-state index in [-0.39, 0.29) is 23.9 Å². The number of nitrogens with zero attached hydrogens (tertiary/aromatic N) is 14. The molecule has 6 N–H and O–H groups in total. The van der Waals surface area contributed by atoms with Gasteiger partial charge in [0.1, 0.15) is 23.4 Å². The van der Waals surface area contributed by atoms with Crippen LogP contribution in [0, 0.1) is 0 Å². The molecular weight excluding hydrogens is 755 g/mol. The average molecular weight is 802 g/mol. The van der Waals surface area contributed by atoms with Crippen LogP contribution in [0.3, 0.4) is 0 Å². The number of piperidine rings is 1. The van der Waals surface area contributed by atoms with E-state index in [2.05, 4.69) is 49.6 Å². The zero-order valence-electron chi connectivity index (χ0n) is 32.7. The minimum atomic E-state index is -0.0966. The minimum absolute atomic E-state index is 0.00240. The number of nitrogens with two attached hydrogens (primary N) is 3. The molecule has 0 saturated carbocycles. The Hall–Kier alpha value is -6.54. The molecule has 6 aromatic rings. The second kappa shape index (κ2) is 16.4. The summed E-state index contributed by atoms with van der Waals surface area (Å²) in [5, 5.41) is 5.65. The van der Waals surface area contributed by atoms with Gasteiger partial charge in [-0.1, -0.05) is 0 Å². The Kier molecular flexibility index (Phi) is 10.5. The van der Waals surface area contributed by atoms with Crippen molar-refractivity contribution in [3.05, 3.63) is 60.4 Å². The normalized spacial score (nSPS) is 17.0. The van der Waals surface area contributed by atoms with E-state index in [1.807, 2.05) is 26.6 Å². The summed E-state index contributed by atoms with van der Waals surface area (Å²) in [4.78, 5) is 68.0. The molecule has 0 aliphatic carbocycles. The second-order valence-electron chi connectivity index (χ2n) is 15.2. The first-order valence-corrected chi connectivity index (χ1v) is 20.1. The van der Waals surface area contributed by atoms with Crippen LogP contribution in [0.25, 0.3) is 33.4 Å². The Bertz CT molecular complexity index is 2430. The molecule has 3 saturated heterocycles. The molecule has 5 aromatic heterocycles. The van der Waals surface area contributed by atoms with Crippen molar-refractivity contribution < 1.29 is 14.0 Å². The van der Waals surface area contributed by atoms with E-state index in [9.17, 15) is 9.59 Å². The van der Waals surface area contributed by atoms with Gasteiger partial charge in [0.2, 0.25) is 17.8 Å². The van der Waals surface area contributed by atoms with Crippen molar-refractivity contribution in [3.63, 3.8) is 0 Å². The molecule has 20 nitrogen and oxygen atoms in total. The molecule has 0 bridgehead atoms. The fraction of sp³-hybridized carbons (Fsp3) is 0.436. The molecule has 3 aliphatic heterocycles. The maximum Gasteiger partial charge on any atom is 0.292 e. The lowest BCUT2D eigenvalue weighted by Gasteiger charge is -2.36. The molecule has 0 radical (unpaired) electrons. The molecule has 306 valence electrons. The maximum atomic E-state index is 13.6. The third-order valence-corrected chi connectivity index (χ3v) is 11.5. The van der Waals surface area contributed by atoms with Crippen LogP contribution in [0.4, 0.5) is 23.7 Å². The Labute approximate surface area is 339 Å². The monoisotopic (exact) mass is 801 g/mol. The van der Waals surface area contributed by atoms with Gasteiger partial charge in [-0.2, -0.15) is 10.1 Å². The molecule has 3 fully saturated rings. The van der Waals surface area contributed by atoms with Gasteiger partial charge in [0.05, 0.1) is 17.0 Å². The Balaban J connectivity index is 0.732. The largest absolute Gasteiger partial charge is 0.424 e. The van der Waals surface area contributed by atoms with Crippen molar-refractivity contribution >= 4 is 57.7 Å². The summed E-state index contributed by atoms with van der Waals surface area (Å²) >= 11 is 0. The third-order valence-electron chi connectivity index (χ3n) is 11.5. The van der Waals surface area contributed by atoms with E-state index in [0.717, 1.165) is 50.3 Å². The van der Waals surface area contributed by atoms with Crippen LogP contribution >= 0.6 is 0 Å². The molecule has 0 unspecified atom stereocenters. The second-order valence-corrected chi connectivity index (χ2v) is 15.2. The summed E-state index contributed by atoms with van der Waals surface area (Å²) in [6.07, 6.45) is 10.9. The number of nitrogen functional groups attached to an aromatic ring is 2. The lowest BCUT2D eigenvalue weighted by molar-refractivity contribution is -0.131. The highest BCUT2D eigenvalue weighted by atomic mass is 16.4. The van der Waals surface area contributed by atoms with Crippen LogP contribution in [0.1, 0.15) is 47.6 Å². The predicted octanol–water partition coefficient (Wildman–Crippen LogP) is 1.57. The molecule has 0 atom stereocenters. The number of anilines is 4. The van der Waals surface area contributed by atoms with E-state index < -0.39 is 0 Å². The highest BCUT2D eigenvalue weighted by Crippen LogP contribution is 2.35. The number of rotatable bonds is 10. The molecular formula is C39H47N17O3. The highest BCUT2D eigenvalue weighted by molar-refractivity contribution is 5.99. The van der Waals surface area contributed by atoms with Gasteiger partial charge in [-0.3, -0.25) is 14.5 Å². The zero-order valence-corrected chi connectivity index (χ0v) is 32.7. The number of hydrogen-bond acceptors (Lipinski definition) is 17. The fourth-order valence-electron chi connectivity index (χ4n) is 8.19. The standard InChI is InChI=1S/C39H47N17O3/c40-19-25-20-43-38(44-21-25)55-16-14-52(15-17-55)31(57)2-1-7-51-10-12-54(13-11-51)39-45-22-27(23-46-39)36(58)53-8-5-28(6-9-53)56-35-32(34(41)47-24-48-35)33(50-56)26-3-4-30-29(18-26)49-37(42)59-30/h3-4,18,20-24,28H,1-2,5-17,19,40H2,(H2,42,49)(H2,41,47,48). The van der Waals surface area contributed by atoms with E-state index in [1.54, 1.807) is 30.9 Å². The fourth-order valence-corrected chi connectivity index (χ4v) is 8.19. The summed E-state index contributed by atoms with van der Waals surface area (Å²) in [5.41, 5.74) is 22.4. The number of fused-ring (bicyclic) bond motifs is 2. The number of likely N-dealkylation sites (tertiary alicyclic amines) is 1. The van der Waals surface area contributed by atoms with Gasteiger partial charge in [0.25, 0.3) is 11.9 Å². The van der Waals surface area contributed by atoms with E-state index in [4.69, 9.17) is 26.7 Å². The first-order chi connectivity index (χ1) is 28.8. The van der Waals surface area contributed by atoms with Crippen LogP contribution in [-0.2, 0) is 11.3 Å². The van der Waals surface area contributed by atoms with Gasteiger partial charge in [-0.15, -0.1) is 0 Å². The van der Waals surface area contributed by atoms with Gasteiger partial charge in [-0.05, 0) is 44.0 Å². The van der Waals surface area contributed by atoms with E-state index in [1.165, 1.54) is 6.33 Å². The van der Waals surface area contributed by atoms with Crippen LogP contribution in [-0.4, -0.2) is 143 Å². The smallest absolute Gasteiger partial charge is 0.292 e. The Morgan fingerprint density at radius 1 is 0.780 bits per heavy atom. The molecule has 9 rings (SSSR count). The Morgan fingerprint density at radius 3 is 2.15 bits per heavy atom. The van der Waals surface area contributed by atoms with Crippen molar-refractivity contribution in [2.24, 2.45) is 5.73 Å². The average Bonchev–Trinajstić information content (AvgIpc) is 3.87. The summed E-state index contributed by atoms with van der Waals surface area (Å²) in [6, 6.07) is 5.65. The number of amides is 2. The molecule has 59 heavy (non-hydrogen) atoms. The SMILES string of the molecule is NCc1cnc(N2CCN(C(=O)CCCN3CCN(c4ncc(C(=O)N5CCC(n6nc(-c7ccc8oc(N)nc8c7)c7c(N)ncnc76)CC5)cn4)CC3)CC2)nc1. The summed E-state index contributed by atoms with van der Waals surface area (Å²) < 4.78 is 7.36. The highest BCUT2D eigenvalue weighted by Gasteiger charge is 2.30. The lowest BCUT2D eigenvalue weighted by atomic mass is 10.0. The van der Waals surface area contributed by atoms with Crippen LogP contribution in [0.15, 0.2) is 53.7 Å². The molecule has 3 aliphatic rings. The van der Waals surface area contributed by atoms with E-state index in [0.29, 0.717) is 116 Å². The Morgan fingerprint density at radius 2 is 1.46 bits per heavy atom. The molecule has 20 heteroatoms. The van der Waals surface area contributed by atoms with Crippen molar-refractivity contribution in [2.75, 3.05) is 93.3 Å². The van der Waals surface area contributed by atoms with Crippen LogP contribution in [0.2, 0.25) is 0 Å².